The molecule has 0 aliphatic heterocycles. The zero-order chi connectivity index (χ0) is 18.3. The molecule has 2 aromatic heterocycles. The molecule has 26 heavy (non-hydrogen) atoms. The molecule has 0 saturated heterocycles. The van der Waals surface area contributed by atoms with Crippen LogP contribution in [0, 0.1) is 5.41 Å². The number of amides is 1. The summed E-state index contributed by atoms with van der Waals surface area (Å²) < 4.78 is 6.57. The van der Waals surface area contributed by atoms with Crippen molar-refractivity contribution in [2.24, 2.45) is 5.41 Å². The van der Waals surface area contributed by atoms with Crippen LogP contribution in [0.15, 0.2) is 29.6 Å². The Morgan fingerprint density at radius 2 is 2.12 bits per heavy atom. The average Bonchev–Trinajstić information content (AvgIpc) is 3.04. The standard InChI is InChI=1S/C19H18Cl2N2O2S/c1-19(2-3-19)18(24)22-8-13-5-12-6-14(20)16(7-15(12)23-13)25-9-11-4-17(21)26-10-11/h4-7,10,23H,2-3,8-9H2,1H3,(H,22,24). The van der Waals surface area contributed by atoms with Gasteiger partial charge in [-0.15, -0.1) is 11.3 Å². The highest BCUT2D eigenvalue weighted by Gasteiger charge is 2.44. The molecule has 1 amide bonds. The number of benzene rings is 1. The van der Waals surface area contributed by atoms with Crippen LogP contribution in [-0.4, -0.2) is 10.9 Å². The van der Waals surface area contributed by atoms with Crippen molar-refractivity contribution < 1.29 is 9.53 Å². The largest absolute Gasteiger partial charge is 0.487 e. The summed E-state index contributed by atoms with van der Waals surface area (Å²) in [5, 5.41) is 6.50. The van der Waals surface area contributed by atoms with Crippen molar-refractivity contribution in [1.82, 2.24) is 10.3 Å². The normalized spacial score (nSPS) is 15.2. The quantitative estimate of drug-likeness (QED) is 0.562. The third kappa shape index (κ3) is 3.70. The van der Waals surface area contributed by atoms with Crippen molar-refractivity contribution >= 4 is 51.3 Å². The number of hydrogen-bond acceptors (Lipinski definition) is 3. The van der Waals surface area contributed by atoms with E-state index in [2.05, 4.69) is 10.3 Å². The molecule has 0 unspecified atom stereocenters. The van der Waals surface area contributed by atoms with E-state index in [-0.39, 0.29) is 11.3 Å². The maximum atomic E-state index is 12.1. The van der Waals surface area contributed by atoms with Gasteiger partial charge in [-0.2, -0.15) is 0 Å². The molecule has 2 heterocycles. The second kappa shape index (κ2) is 6.80. The molecule has 4 rings (SSSR count). The summed E-state index contributed by atoms with van der Waals surface area (Å²) in [7, 11) is 0. The molecule has 0 spiro atoms. The lowest BCUT2D eigenvalue weighted by Gasteiger charge is -2.08. The Morgan fingerprint density at radius 1 is 1.31 bits per heavy atom. The van der Waals surface area contributed by atoms with Crippen LogP contribution in [-0.2, 0) is 17.9 Å². The fourth-order valence-electron chi connectivity index (χ4n) is 2.79. The molecule has 136 valence electrons. The summed E-state index contributed by atoms with van der Waals surface area (Å²) in [6.45, 7) is 2.89. The molecule has 1 aromatic carbocycles. The number of H-pyrrole nitrogens is 1. The predicted molar refractivity (Wildman–Crippen MR) is 106 cm³/mol. The Labute approximate surface area is 165 Å². The summed E-state index contributed by atoms with van der Waals surface area (Å²) in [5.41, 5.74) is 2.71. The first-order chi connectivity index (χ1) is 12.4. The van der Waals surface area contributed by atoms with Gasteiger partial charge >= 0.3 is 0 Å². The molecule has 0 radical (unpaired) electrons. The van der Waals surface area contributed by atoms with Crippen LogP contribution in [0.2, 0.25) is 9.36 Å². The predicted octanol–water partition coefficient (Wildman–Crippen LogP) is 5.53. The van der Waals surface area contributed by atoms with E-state index in [0.717, 1.165) is 39.3 Å². The van der Waals surface area contributed by atoms with Gasteiger partial charge in [0.25, 0.3) is 0 Å². The van der Waals surface area contributed by atoms with Gasteiger partial charge in [0.1, 0.15) is 12.4 Å². The van der Waals surface area contributed by atoms with E-state index in [0.29, 0.717) is 23.9 Å². The minimum atomic E-state index is -0.166. The summed E-state index contributed by atoms with van der Waals surface area (Å²) in [6.07, 6.45) is 1.94. The molecule has 2 N–H and O–H groups in total. The minimum absolute atomic E-state index is 0.118. The van der Waals surface area contributed by atoms with E-state index in [1.165, 1.54) is 11.3 Å². The highest BCUT2D eigenvalue weighted by atomic mass is 35.5. The van der Waals surface area contributed by atoms with Crippen molar-refractivity contribution in [3.8, 4) is 5.75 Å². The van der Waals surface area contributed by atoms with E-state index < -0.39 is 0 Å². The molecule has 0 atom stereocenters. The lowest BCUT2D eigenvalue weighted by Crippen LogP contribution is -2.29. The molecule has 3 aromatic rings. The van der Waals surface area contributed by atoms with Crippen LogP contribution in [0.5, 0.6) is 5.75 Å². The van der Waals surface area contributed by atoms with E-state index in [4.69, 9.17) is 27.9 Å². The number of aromatic nitrogens is 1. The number of carbonyl (C=O) groups excluding carboxylic acids is 1. The Balaban J connectivity index is 1.46. The van der Waals surface area contributed by atoms with E-state index in [9.17, 15) is 4.79 Å². The number of thiophene rings is 1. The second-order valence-electron chi connectivity index (χ2n) is 6.96. The molecule has 0 bridgehead atoms. The number of hydrogen-bond donors (Lipinski definition) is 2. The summed E-state index contributed by atoms with van der Waals surface area (Å²) >= 11 is 13.8. The van der Waals surface area contributed by atoms with Gasteiger partial charge in [0, 0.05) is 33.6 Å². The molecule has 1 saturated carbocycles. The first kappa shape index (κ1) is 17.7. The summed E-state index contributed by atoms with van der Waals surface area (Å²) in [4.78, 5) is 15.4. The van der Waals surface area contributed by atoms with Crippen molar-refractivity contribution in [3.05, 3.63) is 50.3 Å². The minimum Gasteiger partial charge on any atom is -0.487 e. The van der Waals surface area contributed by atoms with Crippen LogP contribution in [0.1, 0.15) is 31.0 Å². The molecular weight excluding hydrogens is 391 g/mol. The Bertz CT molecular complexity index is 975. The van der Waals surface area contributed by atoms with Gasteiger partial charge in [-0.05, 0) is 36.4 Å². The third-order valence-electron chi connectivity index (χ3n) is 4.73. The van der Waals surface area contributed by atoms with Gasteiger partial charge in [0.15, 0.2) is 0 Å². The highest BCUT2D eigenvalue weighted by Crippen LogP contribution is 2.45. The van der Waals surface area contributed by atoms with Crippen LogP contribution in [0.25, 0.3) is 10.9 Å². The van der Waals surface area contributed by atoms with Crippen molar-refractivity contribution in [2.75, 3.05) is 0 Å². The van der Waals surface area contributed by atoms with E-state index >= 15 is 0 Å². The lowest BCUT2D eigenvalue weighted by atomic mass is 10.1. The van der Waals surface area contributed by atoms with Crippen molar-refractivity contribution in [1.29, 1.82) is 0 Å². The van der Waals surface area contributed by atoms with Crippen molar-refractivity contribution in [3.63, 3.8) is 0 Å². The number of carbonyl (C=O) groups is 1. The lowest BCUT2D eigenvalue weighted by molar-refractivity contribution is -0.125. The van der Waals surface area contributed by atoms with Crippen LogP contribution in [0.4, 0.5) is 0 Å². The van der Waals surface area contributed by atoms with Crippen LogP contribution < -0.4 is 10.1 Å². The molecule has 4 nitrogen and oxygen atoms in total. The highest BCUT2D eigenvalue weighted by molar-refractivity contribution is 7.14. The SMILES string of the molecule is CC1(C(=O)NCc2cc3cc(Cl)c(OCc4csc(Cl)c4)cc3[nH]2)CC1. The average molecular weight is 409 g/mol. The Kier molecular flexibility index (Phi) is 4.63. The number of halogens is 2. The van der Waals surface area contributed by atoms with Gasteiger partial charge in [0.05, 0.1) is 15.9 Å². The topological polar surface area (TPSA) is 54.1 Å². The van der Waals surface area contributed by atoms with Gasteiger partial charge in [-0.25, -0.2) is 0 Å². The third-order valence-corrected chi connectivity index (χ3v) is 6.17. The molecule has 7 heteroatoms. The first-order valence-electron chi connectivity index (χ1n) is 8.38. The van der Waals surface area contributed by atoms with E-state index in [1.54, 1.807) is 0 Å². The fraction of sp³-hybridized carbons (Fsp3) is 0.316. The summed E-state index contributed by atoms with van der Waals surface area (Å²) in [6, 6.07) is 7.64. The first-order valence-corrected chi connectivity index (χ1v) is 10.0. The second-order valence-corrected chi connectivity index (χ2v) is 8.91. The van der Waals surface area contributed by atoms with E-state index in [1.807, 2.05) is 36.6 Å². The Morgan fingerprint density at radius 3 is 2.81 bits per heavy atom. The molecule has 1 aliphatic rings. The van der Waals surface area contributed by atoms with Crippen molar-refractivity contribution in [2.45, 2.75) is 32.9 Å². The monoisotopic (exact) mass is 408 g/mol. The fourth-order valence-corrected chi connectivity index (χ4v) is 3.90. The number of fused-ring (bicyclic) bond motifs is 1. The molecular formula is C19H18Cl2N2O2S. The van der Waals surface area contributed by atoms with Crippen LogP contribution >= 0.6 is 34.5 Å². The molecule has 1 aliphatic carbocycles. The van der Waals surface area contributed by atoms with Gasteiger partial charge in [0.2, 0.25) is 5.91 Å². The molecule has 1 fully saturated rings. The van der Waals surface area contributed by atoms with Gasteiger partial charge in [-0.3, -0.25) is 4.79 Å². The zero-order valence-corrected chi connectivity index (χ0v) is 16.5. The Hall–Kier alpha value is -1.69. The maximum Gasteiger partial charge on any atom is 0.226 e. The van der Waals surface area contributed by atoms with Crippen LogP contribution in [0.3, 0.4) is 0 Å². The number of ether oxygens (including phenoxy) is 1. The number of aromatic amines is 1. The smallest absolute Gasteiger partial charge is 0.226 e. The van der Waals surface area contributed by atoms with Gasteiger partial charge in [-0.1, -0.05) is 30.1 Å². The number of nitrogens with one attached hydrogen (secondary N) is 2. The van der Waals surface area contributed by atoms with Gasteiger partial charge < -0.3 is 15.0 Å². The maximum absolute atomic E-state index is 12.1. The number of rotatable bonds is 6. The zero-order valence-electron chi connectivity index (χ0n) is 14.2. The summed E-state index contributed by atoms with van der Waals surface area (Å²) in [5.74, 6) is 0.733.